The monoisotopic (exact) mass is 441 g/mol. The number of halogens is 2. The van der Waals surface area contributed by atoms with Gasteiger partial charge in [0.15, 0.2) is 11.6 Å². The third kappa shape index (κ3) is 2.65. The summed E-state index contributed by atoms with van der Waals surface area (Å²) in [4.78, 5) is 28.9. The third-order valence-corrected chi connectivity index (χ3v) is 7.89. The van der Waals surface area contributed by atoms with Gasteiger partial charge in [0.05, 0.1) is 10.9 Å². The number of rotatable bonds is 4. The lowest BCUT2D eigenvalue weighted by Crippen LogP contribution is -2.37. The summed E-state index contributed by atoms with van der Waals surface area (Å²) in [5, 5.41) is 9.28. The van der Waals surface area contributed by atoms with Crippen LogP contribution in [0.3, 0.4) is 0 Å². The minimum Gasteiger partial charge on any atom is -0.477 e. The Balaban J connectivity index is 1.55. The summed E-state index contributed by atoms with van der Waals surface area (Å²) in [6, 6.07) is 0.797. The summed E-state index contributed by atoms with van der Waals surface area (Å²) >= 11 is 0. The Labute approximate surface area is 183 Å². The van der Waals surface area contributed by atoms with Crippen LogP contribution >= 0.6 is 0 Å². The zero-order chi connectivity index (χ0) is 22.3. The maximum absolute atomic E-state index is 16.1. The molecule has 2 aromatic rings. The van der Waals surface area contributed by atoms with Crippen LogP contribution in [0.1, 0.15) is 54.1 Å². The molecule has 1 aromatic carbocycles. The van der Waals surface area contributed by atoms with Crippen LogP contribution < -0.4 is 10.3 Å². The standard InChI is InChI=1S/C24H25F2N3O3/c1-2-15-18-21(29(13-5-6-13)10-16(23(18)30)24(31)32)20(26)22(19(15)25)27-9-12-8-14-4-3-7-28(14)17(12)11-27/h2,10,12-14,17H,1,3-9,11H2,(H,31,32). The largest absolute Gasteiger partial charge is 0.477 e. The van der Waals surface area contributed by atoms with Gasteiger partial charge >= 0.3 is 5.97 Å². The van der Waals surface area contributed by atoms with Gasteiger partial charge in [-0.2, -0.15) is 0 Å². The second-order valence-electron chi connectivity index (χ2n) is 9.64. The van der Waals surface area contributed by atoms with E-state index in [0.717, 1.165) is 25.8 Å². The molecule has 6 nitrogen and oxygen atoms in total. The van der Waals surface area contributed by atoms with Crippen molar-refractivity contribution < 1.29 is 18.7 Å². The molecule has 3 atom stereocenters. The first-order valence-electron chi connectivity index (χ1n) is 11.4. The van der Waals surface area contributed by atoms with Gasteiger partial charge in [-0.25, -0.2) is 13.6 Å². The van der Waals surface area contributed by atoms with Crippen LogP contribution in [0.2, 0.25) is 0 Å². The highest BCUT2D eigenvalue weighted by molar-refractivity contribution is 5.98. The Morgan fingerprint density at radius 1 is 1.16 bits per heavy atom. The molecule has 1 saturated carbocycles. The molecule has 4 fully saturated rings. The first-order chi connectivity index (χ1) is 15.4. The van der Waals surface area contributed by atoms with Crippen molar-refractivity contribution in [2.24, 2.45) is 5.92 Å². The van der Waals surface area contributed by atoms with E-state index >= 15 is 8.78 Å². The predicted molar refractivity (Wildman–Crippen MR) is 117 cm³/mol. The highest BCUT2D eigenvalue weighted by Crippen LogP contribution is 2.45. The highest BCUT2D eigenvalue weighted by Gasteiger charge is 2.49. The van der Waals surface area contributed by atoms with Crippen molar-refractivity contribution >= 4 is 28.6 Å². The number of carbonyl (C=O) groups is 1. The molecule has 1 aromatic heterocycles. The summed E-state index contributed by atoms with van der Waals surface area (Å²) in [6.45, 7) is 5.83. The second kappa shape index (κ2) is 6.88. The average molecular weight is 441 g/mol. The topological polar surface area (TPSA) is 65.8 Å². The molecule has 0 radical (unpaired) electrons. The number of pyridine rings is 1. The average Bonchev–Trinajstić information content (AvgIpc) is 3.23. The van der Waals surface area contributed by atoms with Crippen molar-refractivity contribution in [3.05, 3.63) is 45.8 Å². The maximum atomic E-state index is 16.1. The van der Waals surface area contributed by atoms with E-state index in [4.69, 9.17) is 0 Å². The van der Waals surface area contributed by atoms with Crippen molar-refractivity contribution in [3.8, 4) is 0 Å². The van der Waals surface area contributed by atoms with E-state index in [-0.39, 0.29) is 28.2 Å². The summed E-state index contributed by atoms with van der Waals surface area (Å²) in [5.74, 6) is -2.63. The quantitative estimate of drug-likeness (QED) is 0.785. The Morgan fingerprint density at radius 3 is 2.62 bits per heavy atom. The van der Waals surface area contributed by atoms with Gasteiger partial charge in [-0.1, -0.05) is 12.7 Å². The molecule has 4 aliphatic rings. The van der Waals surface area contributed by atoms with E-state index < -0.39 is 28.6 Å². The molecule has 4 heterocycles. The minimum absolute atomic E-state index is 0.00934. The molecule has 1 N–H and O–H groups in total. The van der Waals surface area contributed by atoms with Gasteiger partial charge in [0, 0.05) is 43.0 Å². The number of hydrogen-bond donors (Lipinski definition) is 1. The number of aromatic nitrogens is 1. The molecular formula is C24H25F2N3O3. The molecule has 3 saturated heterocycles. The number of benzene rings is 1. The number of carboxylic acid groups (broad SMARTS) is 1. The lowest BCUT2D eigenvalue weighted by atomic mass is 10.0. The number of fused-ring (bicyclic) bond motifs is 4. The fraction of sp³-hybridized carbons (Fsp3) is 0.500. The van der Waals surface area contributed by atoms with Crippen molar-refractivity contribution in [3.63, 3.8) is 0 Å². The second-order valence-corrected chi connectivity index (χ2v) is 9.64. The van der Waals surface area contributed by atoms with Crippen LogP contribution in [0.5, 0.6) is 0 Å². The molecule has 168 valence electrons. The van der Waals surface area contributed by atoms with Crippen LogP contribution in [0.4, 0.5) is 14.5 Å². The minimum atomic E-state index is -1.40. The molecule has 0 bridgehead atoms. The van der Waals surface area contributed by atoms with Crippen LogP contribution in [0.15, 0.2) is 17.6 Å². The molecule has 3 aliphatic heterocycles. The van der Waals surface area contributed by atoms with Gasteiger partial charge in [-0.15, -0.1) is 0 Å². The van der Waals surface area contributed by atoms with Gasteiger partial charge in [0.25, 0.3) is 0 Å². The van der Waals surface area contributed by atoms with Crippen LogP contribution in [-0.4, -0.2) is 52.3 Å². The molecule has 0 amide bonds. The Morgan fingerprint density at radius 2 is 1.94 bits per heavy atom. The predicted octanol–water partition coefficient (Wildman–Crippen LogP) is 3.63. The maximum Gasteiger partial charge on any atom is 0.341 e. The molecule has 0 spiro atoms. The van der Waals surface area contributed by atoms with Crippen LogP contribution in [0.25, 0.3) is 17.0 Å². The summed E-state index contributed by atoms with van der Waals surface area (Å²) < 4.78 is 33.4. The summed E-state index contributed by atoms with van der Waals surface area (Å²) in [5.41, 5.74) is -1.59. The molecular weight excluding hydrogens is 416 g/mol. The number of carboxylic acids is 1. The van der Waals surface area contributed by atoms with Crippen molar-refractivity contribution in [2.45, 2.75) is 50.2 Å². The zero-order valence-corrected chi connectivity index (χ0v) is 17.7. The summed E-state index contributed by atoms with van der Waals surface area (Å²) in [7, 11) is 0. The van der Waals surface area contributed by atoms with Gasteiger partial charge in [0.2, 0.25) is 5.43 Å². The van der Waals surface area contributed by atoms with E-state index in [1.165, 1.54) is 29.7 Å². The lowest BCUT2D eigenvalue weighted by molar-refractivity contribution is 0.0694. The Hall–Kier alpha value is -2.74. The first-order valence-corrected chi connectivity index (χ1v) is 11.4. The number of hydrogen-bond acceptors (Lipinski definition) is 4. The van der Waals surface area contributed by atoms with Crippen molar-refractivity contribution in [1.82, 2.24) is 9.47 Å². The van der Waals surface area contributed by atoms with Crippen molar-refractivity contribution in [1.29, 1.82) is 0 Å². The lowest BCUT2D eigenvalue weighted by Gasteiger charge is -2.27. The molecule has 3 unspecified atom stereocenters. The molecule has 8 heteroatoms. The fourth-order valence-corrected chi connectivity index (χ4v) is 6.36. The third-order valence-electron chi connectivity index (χ3n) is 7.89. The van der Waals surface area contributed by atoms with Crippen LogP contribution in [-0.2, 0) is 0 Å². The SMILES string of the molecule is C=Cc1c(F)c(N2CC3CC4CCCN4C3C2)c(F)c2c1c(=O)c(C(=O)O)cn2C1CC1. The van der Waals surface area contributed by atoms with E-state index in [1.807, 2.05) is 0 Å². The Bertz CT molecular complexity index is 1240. The number of anilines is 1. The molecule has 32 heavy (non-hydrogen) atoms. The van der Waals surface area contributed by atoms with E-state index in [0.29, 0.717) is 31.1 Å². The zero-order valence-electron chi connectivity index (χ0n) is 17.7. The smallest absolute Gasteiger partial charge is 0.341 e. The fourth-order valence-electron chi connectivity index (χ4n) is 6.36. The molecule has 1 aliphatic carbocycles. The molecule has 6 rings (SSSR count). The van der Waals surface area contributed by atoms with Gasteiger partial charge in [0.1, 0.15) is 11.3 Å². The van der Waals surface area contributed by atoms with Gasteiger partial charge < -0.3 is 14.6 Å². The van der Waals surface area contributed by atoms with Gasteiger partial charge in [-0.05, 0) is 44.6 Å². The number of nitrogens with zero attached hydrogens (tertiary/aromatic N) is 3. The van der Waals surface area contributed by atoms with Crippen molar-refractivity contribution in [2.75, 3.05) is 24.5 Å². The van der Waals surface area contributed by atoms with Gasteiger partial charge in [-0.3, -0.25) is 9.69 Å². The van der Waals surface area contributed by atoms with E-state index in [9.17, 15) is 14.7 Å². The number of aromatic carboxylic acids is 1. The Kier molecular flexibility index (Phi) is 4.28. The van der Waals surface area contributed by atoms with E-state index in [1.54, 1.807) is 4.90 Å². The first kappa shape index (κ1) is 19.9. The summed E-state index contributed by atoms with van der Waals surface area (Å²) in [6.07, 6.45) is 7.38. The normalized spacial score (nSPS) is 27.2. The van der Waals surface area contributed by atoms with Crippen LogP contribution in [0, 0.1) is 17.6 Å². The highest BCUT2D eigenvalue weighted by atomic mass is 19.1. The van der Waals surface area contributed by atoms with E-state index in [2.05, 4.69) is 11.5 Å².